The fourth-order valence-corrected chi connectivity index (χ4v) is 2.09. The van der Waals surface area contributed by atoms with Crippen LogP contribution in [-0.4, -0.2) is 36.0 Å². The summed E-state index contributed by atoms with van der Waals surface area (Å²) in [4.78, 5) is 41.0. The van der Waals surface area contributed by atoms with Crippen LogP contribution in [0.2, 0.25) is 0 Å². The van der Waals surface area contributed by atoms with E-state index in [0.717, 1.165) is 0 Å². The van der Waals surface area contributed by atoms with Crippen LogP contribution >= 0.6 is 7.82 Å². The fraction of sp³-hybridized carbons (Fsp3) is 0.500. The van der Waals surface area contributed by atoms with Gasteiger partial charge in [0.25, 0.3) is 10.9 Å². The Balaban J connectivity index is 2.01. The molecule has 0 aliphatic carbocycles. The summed E-state index contributed by atoms with van der Waals surface area (Å²) in [5.41, 5.74) is -0.531. The van der Waals surface area contributed by atoms with Gasteiger partial charge < -0.3 is 20.0 Å². The van der Waals surface area contributed by atoms with Crippen LogP contribution < -0.4 is 21.1 Å². The molecular weight excluding hydrogens is 251 g/mol. The predicted octanol–water partition coefficient (Wildman–Crippen LogP) is -1.38. The number of anilines is 2. The van der Waals surface area contributed by atoms with Crippen molar-refractivity contribution in [1.29, 1.82) is 0 Å². The van der Waals surface area contributed by atoms with Gasteiger partial charge in [-0.3, -0.25) is 14.1 Å². The lowest BCUT2D eigenvalue weighted by molar-refractivity contribution is 0.201. The molecule has 1 heterocycles. The van der Waals surface area contributed by atoms with E-state index in [-0.39, 0.29) is 24.5 Å². The van der Waals surface area contributed by atoms with Crippen molar-refractivity contribution in [2.24, 2.45) is 0 Å². The average molecular weight is 262 g/mol. The summed E-state index contributed by atoms with van der Waals surface area (Å²) < 4.78 is 14.7. The van der Waals surface area contributed by atoms with E-state index in [1.54, 1.807) is 4.90 Å². The first-order valence-corrected chi connectivity index (χ1v) is 6.45. The van der Waals surface area contributed by atoms with Crippen molar-refractivity contribution >= 4 is 19.2 Å². The molecule has 0 spiro atoms. The fourth-order valence-electron chi connectivity index (χ4n) is 1.77. The Morgan fingerprint density at radius 1 is 1.35 bits per heavy atom. The number of rotatable bonds is 4. The van der Waals surface area contributed by atoms with Gasteiger partial charge >= 0.3 is 7.82 Å². The molecule has 0 saturated carbocycles. The van der Waals surface area contributed by atoms with Gasteiger partial charge in [-0.2, -0.15) is 0 Å². The summed E-state index contributed by atoms with van der Waals surface area (Å²) in [5, 5.41) is 2.81. The van der Waals surface area contributed by atoms with Gasteiger partial charge in [-0.25, -0.2) is 4.57 Å². The normalized spacial score (nSPS) is 15.8. The molecule has 3 N–H and O–H groups in total. The maximum Gasteiger partial charge on any atom is 0.469 e. The standard InChI is InChI=1S/C8H11N2O6P/c11-7-5-6(8(7)12)10(2-1-9-5)3-4-16-17(13,14)15/h9H,1-4H2,(H2,13,14,15). The molecule has 0 saturated heterocycles. The number of nitrogens with one attached hydrogen (secondary N) is 1. The van der Waals surface area contributed by atoms with Gasteiger partial charge in [-0.1, -0.05) is 0 Å². The van der Waals surface area contributed by atoms with Crippen molar-refractivity contribution in [3.63, 3.8) is 0 Å². The zero-order valence-electron chi connectivity index (χ0n) is 8.75. The van der Waals surface area contributed by atoms with E-state index in [1.807, 2.05) is 0 Å². The molecule has 1 aliphatic rings. The van der Waals surface area contributed by atoms with Crippen molar-refractivity contribution < 1.29 is 18.9 Å². The molecule has 2 rings (SSSR count). The highest BCUT2D eigenvalue weighted by molar-refractivity contribution is 7.46. The first-order chi connectivity index (χ1) is 7.90. The second kappa shape index (κ2) is 4.23. The lowest BCUT2D eigenvalue weighted by Crippen LogP contribution is -2.49. The molecule has 8 nitrogen and oxygen atoms in total. The summed E-state index contributed by atoms with van der Waals surface area (Å²) in [6, 6.07) is 0. The van der Waals surface area contributed by atoms with Crippen LogP contribution in [0.5, 0.6) is 0 Å². The Morgan fingerprint density at radius 3 is 2.71 bits per heavy atom. The van der Waals surface area contributed by atoms with Crippen LogP contribution in [0.1, 0.15) is 0 Å². The van der Waals surface area contributed by atoms with Crippen LogP contribution in [-0.2, 0) is 9.09 Å². The zero-order valence-corrected chi connectivity index (χ0v) is 9.64. The largest absolute Gasteiger partial charge is 0.469 e. The molecule has 1 aliphatic heterocycles. The SMILES string of the molecule is O=c1c2c(c1=O)N(CCOP(=O)(O)O)CCN2. The Bertz CT molecular complexity index is 542. The Hall–Kier alpha value is -1.21. The number of fused-ring (bicyclic) bond motifs is 1. The highest BCUT2D eigenvalue weighted by atomic mass is 31.2. The van der Waals surface area contributed by atoms with Crippen molar-refractivity contribution in [1.82, 2.24) is 0 Å². The van der Waals surface area contributed by atoms with E-state index in [9.17, 15) is 14.2 Å². The Labute approximate surface area is 95.7 Å². The van der Waals surface area contributed by atoms with Crippen LogP contribution in [0.25, 0.3) is 0 Å². The smallest absolute Gasteiger partial charge is 0.378 e. The Kier molecular flexibility index (Phi) is 3.05. The molecule has 1 aromatic carbocycles. The molecule has 1 aromatic rings. The minimum absolute atomic E-state index is 0.157. The van der Waals surface area contributed by atoms with Gasteiger partial charge in [0.15, 0.2) is 0 Å². The number of nitrogens with zero attached hydrogens (tertiary/aromatic N) is 1. The minimum Gasteiger partial charge on any atom is -0.378 e. The van der Waals surface area contributed by atoms with E-state index in [1.165, 1.54) is 0 Å². The van der Waals surface area contributed by atoms with Crippen molar-refractivity contribution in [3.05, 3.63) is 20.4 Å². The van der Waals surface area contributed by atoms with Gasteiger partial charge in [0.2, 0.25) is 0 Å². The van der Waals surface area contributed by atoms with Crippen LogP contribution in [0.15, 0.2) is 9.59 Å². The lowest BCUT2D eigenvalue weighted by Gasteiger charge is -2.32. The summed E-state index contributed by atoms with van der Waals surface area (Å²) >= 11 is 0. The third-order valence-electron chi connectivity index (χ3n) is 2.51. The molecule has 9 heteroatoms. The van der Waals surface area contributed by atoms with Gasteiger partial charge in [-0.15, -0.1) is 0 Å². The number of hydrogen-bond acceptors (Lipinski definition) is 6. The highest BCUT2D eigenvalue weighted by Gasteiger charge is 2.29. The topological polar surface area (TPSA) is 116 Å². The molecular formula is C8H11N2O6P. The summed E-state index contributed by atoms with van der Waals surface area (Å²) in [6.07, 6.45) is 0. The molecule has 0 radical (unpaired) electrons. The van der Waals surface area contributed by atoms with Gasteiger partial charge in [0.1, 0.15) is 11.4 Å². The van der Waals surface area contributed by atoms with Crippen LogP contribution in [0.4, 0.5) is 11.4 Å². The average Bonchev–Trinajstić information content (AvgIpc) is 2.26. The molecule has 0 amide bonds. The van der Waals surface area contributed by atoms with Gasteiger partial charge in [0.05, 0.1) is 6.61 Å². The molecule has 0 unspecified atom stereocenters. The van der Waals surface area contributed by atoms with Crippen molar-refractivity contribution in [3.8, 4) is 0 Å². The number of phosphoric acid groups is 1. The zero-order chi connectivity index (χ0) is 12.6. The van der Waals surface area contributed by atoms with Gasteiger partial charge in [0, 0.05) is 19.6 Å². The van der Waals surface area contributed by atoms with Crippen LogP contribution in [0, 0.1) is 0 Å². The number of phosphoric ester groups is 1. The monoisotopic (exact) mass is 262 g/mol. The maximum atomic E-state index is 11.3. The van der Waals surface area contributed by atoms with E-state index < -0.39 is 18.7 Å². The molecule has 0 bridgehead atoms. The summed E-state index contributed by atoms with van der Waals surface area (Å²) in [6.45, 7) is 0.948. The van der Waals surface area contributed by atoms with E-state index >= 15 is 0 Å². The first kappa shape index (κ1) is 12.3. The van der Waals surface area contributed by atoms with Gasteiger partial charge in [-0.05, 0) is 0 Å². The summed E-state index contributed by atoms with van der Waals surface area (Å²) in [5.74, 6) is 0. The third-order valence-corrected chi connectivity index (χ3v) is 3.02. The predicted molar refractivity (Wildman–Crippen MR) is 60.1 cm³/mol. The molecule has 17 heavy (non-hydrogen) atoms. The van der Waals surface area contributed by atoms with E-state index in [0.29, 0.717) is 13.1 Å². The second-order valence-electron chi connectivity index (χ2n) is 3.62. The lowest BCUT2D eigenvalue weighted by atomic mass is 10.1. The Morgan fingerprint density at radius 2 is 2.06 bits per heavy atom. The van der Waals surface area contributed by atoms with Crippen LogP contribution in [0.3, 0.4) is 0 Å². The molecule has 0 atom stereocenters. The minimum atomic E-state index is -4.49. The maximum absolute atomic E-state index is 11.3. The summed E-state index contributed by atoms with van der Waals surface area (Å²) in [7, 11) is -4.49. The second-order valence-corrected chi connectivity index (χ2v) is 4.86. The first-order valence-electron chi connectivity index (χ1n) is 4.92. The van der Waals surface area contributed by atoms with E-state index in [2.05, 4.69) is 9.84 Å². The number of hydrogen-bond donors (Lipinski definition) is 3. The van der Waals surface area contributed by atoms with Crippen molar-refractivity contribution in [2.45, 2.75) is 0 Å². The third kappa shape index (κ3) is 2.39. The highest BCUT2D eigenvalue weighted by Crippen LogP contribution is 2.35. The molecule has 0 aromatic heterocycles. The molecule has 0 fully saturated rings. The van der Waals surface area contributed by atoms with Crippen molar-refractivity contribution in [2.75, 3.05) is 36.5 Å². The molecule has 94 valence electrons. The van der Waals surface area contributed by atoms with E-state index in [4.69, 9.17) is 9.79 Å². The quantitative estimate of drug-likeness (QED) is 0.449.